The van der Waals surface area contributed by atoms with Gasteiger partial charge in [0, 0.05) is 5.69 Å². The number of fused-ring (bicyclic) bond motifs is 3. The van der Waals surface area contributed by atoms with Crippen molar-refractivity contribution in [1.82, 2.24) is 14.5 Å². The van der Waals surface area contributed by atoms with Gasteiger partial charge in [0.05, 0.1) is 12.7 Å². The lowest BCUT2D eigenvalue weighted by molar-refractivity contribution is 0.132. The highest BCUT2D eigenvalue weighted by Crippen LogP contribution is 2.45. The third-order valence-corrected chi connectivity index (χ3v) is 11.7. The van der Waals surface area contributed by atoms with Crippen LogP contribution in [0.5, 0.6) is 5.88 Å². The van der Waals surface area contributed by atoms with Gasteiger partial charge in [-0.25, -0.2) is 22.8 Å². The fourth-order valence-electron chi connectivity index (χ4n) is 7.74. The van der Waals surface area contributed by atoms with Crippen LogP contribution in [0.3, 0.4) is 0 Å². The topological polar surface area (TPSA) is 97.6 Å². The Kier molecular flexibility index (Phi) is 7.59. The molecule has 1 unspecified atom stereocenters. The van der Waals surface area contributed by atoms with Crippen LogP contribution in [0.2, 0.25) is 0 Å². The summed E-state index contributed by atoms with van der Waals surface area (Å²) < 4.78 is 47.6. The summed E-state index contributed by atoms with van der Waals surface area (Å²) in [7, 11) is -3.88. The zero-order valence-electron chi connectivity index (χ0n) is 27.5. The van der Waals surface area contributed by atoms with Crippen molar-refractivity contribution in [2.45, 2.75) is 75.0 Å². The highest BCUT2D eigenvalue weighted by atomic mass is 32.2. The Labute approximate surface area is 286 Å². The summed E-state index contributed by atoms with van der Waals surface area (Å²) in [6.45, 7) is 4.31. The number of halogens is 1. The van der Waals surface area contributed by atoms with Gasteiger partial charge in [0.15, 0.2) is 9.92 Å². The normalized spacial score (nSPS) is 17.0. The molecule has 0 spiro atoms. The van der Waals surface area contributed by atoms with Crippen LogP contribution in [0.1, 0.15) is 65.6 Å². The van der Waals surface area contributed by atoms with Crippen LogP contribution < -0.4 is 14.8 Å². The molecule has 0 saturated carbocycles. The van der Waals surface area contributed by atoms with Crippen molar-refractivity contribution in [2.24, 2.45) is 4.36 Å². The molecule has 0 saturated heterocycles. The molecule has 2 amide bonds. The number of urea groups is 1. The zero-order valence-corrected chi connectivity index (χ0v) is 28.4. The largest absolute Gasteiger partial charge is 0.469 e. The minimum atomic E-state index is -3.88. The SMILES string of the molecule is CC1(C)Cn2ncc(S(=O)(=NC(c3ccccc3)(c3ccccc3)c3ccccc3)NC(=O)Nc3c4c(c(F)c5c3CCC5)CCC4)c2O1. The summed E-state index contributed by atoms with van der Waals surface area (Å²) in [6.07, 6.45) is 5.75. The Hall–Kier alpha value is -4.96. The van der Waals surface area contributed by atoms with Crippen LogP contribution in [0, 0.1) is 5.82 Å². The molecule has 0 bridgehead atoms. The van der Waals surface area contributed by atoms with E-state index in [0.717, 1.165) is 40.7 Å². The number of ether oxygens (including phenoxy) is 1. The Bertz CT molecular complexity index is 2060. The van der Waals surface area contributed by atoms with E-state index in [1.54, 1.807) is 4.68 Å². The van der Waals surface area contributed by atoms with Crippen LogP contribution in [0.25, 0.3) is 0 Å². The number of aromatic nitrogens is 2. The molecule has 10 heteroatoms. The highest BCUT2D eigenvalue weighted by Gasteiger charge is 2.42. The number of rotatable bonds is 7. The third-order valence-electron chi connectivity index (χ3n) is 9.84. The van der Waals surface area contributed by atoms with E-state index >= 15 is 8.60 Å². The molecule has 2 aliphatic carbocycles. The van der Waals surface area contributed by atoms with Gasteiger partial charge in [-0.05, 0) is 91.3 Å². The number of nitrogens with zero attached hydrogens (tertiary/aromatic N) is 3. The summed E-state index contributed by atoms with van der Waals surface area (Å²) in [6, 6.07) is 28.3. The minimum Gasteiger partial charge on any atom is -0.469 e. The Morgan fingerprint density at radius 1 is 0.837 bits per heavy atom. The van der Waals surface area contributed by atoms with Gasteiger partial charge < -0.3 is 10.1 Å². The quantitative estimate of drug-likeness (QED) is 0.173. The maximum Gasteiger partial charge on any atom is 0.331 e. The predicted molar refractivity (Wildman–Crippen MR) is 188 cm³/mol. The zero-order chi connectivity index (χ0) is 33.8. The Balaban J connectivity index is 1.35. The van der Waals surface area contributed by atoms with Crippen LogP contribution in [0.15, 0.2) is 106 Å². The maximum atomic E-state index is 15.9. The fourth-order valence-corrected chi connectivity index (χ4v) is 9.57. The molecule has 250 valence electrons. The second kappa shape index (κ2) is 11.9. The number of benzene rings is 4. The summed E-state index contributed by atoms with van der Waals surface area (Å²) in [5.74, 6) is 0.170. The fraction of sp³-hybridized carbons (Fsp3) is 0.282. The molecule has 8 nitrogen and oxygen atoms in total. The van der Waals surface area contributed by atoms with E-state index in [1.165, 1.54) is 6.20 Å². The second-order valence-corrected chi connectivity index (χ2v) is 15.5. The number of amides is 2. The van der Waals surface area contributed by atoms with E-state index in [9.17, 15) is 4.79 Å². The number of anilines is 1. The summed E-state index contributed by atoms with van der Waals surface area (Å²) >= 11 is 0. The molecule has 1 aromatic heterocycles. The van der Waals surface area contributed by atoms with Crippen LogP contribution in [-0.2, 0) is 47.7 Å². The number of hydrogen-bond acceptors (Lipinski definition) is 5. The first-order valence-corrected chi connectivity index (χ1v) is 18.3. The van der Waals surface area contributed by atoms with Gasteiger partial charge in [-0.1, -0.05) is 91.0 Å². The van der Waals surface area contributed by atoms with Gasteiger partial charge in [-0.2, -0.15) is 9.46 Å². The van der Waals surface area contributed by atoms with Crippen molar-refractivity contribution in [3.8, 4) is 5.88 Å². The average molecular weight is 676 g/mol. The van der Waals surface area contributed by atoms with Crippen molar-refractivity contribution in [3.05, 3.63) is 142 Å². The molecule has 49 heavy (non-hydrogen) atoms. The van der Waals surface area contributed by atoms with Crippen molar-refractivity contribution in [2.75, 3.05) is 5.32 Å². The lowest BCUT2D eigenvalue weighted by Crippen LogP contribution is -2.38. The Morgan fingerprint density at radius 2 is 1.33 bits per heavy atom. The predicted octanol–water partition coefficient (Wildman–Crippen LogP) is 7.73. The molecule has 5 aromatic rings. The van der Waals surface area contributed by atoms with Gasteiger partial charge >= 0.3 is 6.03 Å². The molecule has 0 radical (unpaired) electrons. The van der Waals surface area contributed by atoms with Crippen LogP contribution >= 0.6 is 0 Å². The third kappa shape index (κ3) is 5.29. The van der Waals surface area contributed by atoms with E-state index in [2.05, 4.69) is 15.1 Å². The van der Waals surface area contributed by atoms with E-state index < -0.39 is 27.1 Å². The molecule has 2 heterocycles. The molecular formula is C39H38FN5O3S. The monoisotopic (exact) mass is 675 g/mol. The summed E-state index contributed by atoms with van der Waals surface area (Å²) in [5.41, 5.74) is 4.04. The van der Waals surface area contributed by atoms with Crippen LogP contribution in [0.4, 0.5) is 14.9 Å². The number of carbonyl (C=O) groups is 1. The van der Waals surface area contributed by atoms with Crippen molar-refractivity contribution in [1.29, 1.82) is 0 Å². The molecule has 4 aromatic carbocycles. The van der Waals surface area contributed by atoms with Gasteiger partial charge in [0.1, 0.15) is 21.9 Å². The summed E-state index contributed by atoms with van der Waals surface area (Å²) in [5, 5.41) is 7.59. The first-order valence-electron chi connectivity index (χ1n) is 16.8. The molecular weight excluding hydrogens is 638 g/mol. The molecule has 2 N–H and O–H groups in total. The van der Waals surface area contributed by atoms with Crippen molar-refractivity contribution >= 4 is 21.6 Å². The lowest BCUT2D eigenvalue weighted by Gasteiger charge is -2.33. The van der Waals surface area contributed by atoms with E-state index in [0.29, 0.717) is 54.9 Å². The molecule has 1 atom stereocenters. The standard InChI is InChI=1S/C39H38FN5O3S/c1-38(2)25-45-36(48-38)33(24-41-45)49(47,43-37(46)42-35-31-22-12-20-29(31)34(40)30-21-13-23-32(30)35)44-39(26-14-6-3-7-15-26,27-16-8-4-9-17-27)28-18-10-5-11-19-28/h3-11,14-19,24H,12-13,20-23,25H2,1-2H3,(H2,42,43,44,46,47). The van der Waals surface area contributed by atoms with Crippen LogP contribution in [-0.4, -0.2) is 25.6 Å². The van der Waals surface area contributed by atoms with E-state index in [4.69, 9.17) is 9.10 Å². The average Bonchev–Trinajstić information content (AvgIpc) is 3.91. The van der Waals surface area contributed by atoms with Gasteiger partial charge in [0.25, 0.3) is 0 Å². The lowest BCUT2D eigenvalue weighted by atomic mass is 9.78. The van der Waals surface area contributed by atoms with E-state index in [-0.39, 0.29) is 10.7 Å². The summed E-state index contributed by atoms with van der Waals surface area (Å²) in [4.78, 5) is 14.5. The smallest absolute Gasteiger partial charge is 0.331 e. The van der Waals surface area contributed by atoms with Crippen molar-refractivity contribution < 1.29 is 18.1 Å². The van der Waals surface area contributed by atoms with Gasteiger partial charge in [0.2, 0.25) is 5.88 Å². The van der Waals surface area contributed by atoms with Gasteiger partial charge in [-0.15, -0.1) is 0 Å². The second-order valence-electron chi connectivity index (χ2n) is 13.6. The number of hydrogen-bond donors (Lipinski definition) is 2. The highest BCUT2D eigenvalue weighted by molar-refractivity contribution is 7.92. The van der Waals surface area contributed by atoms with Gasteiger partial charge in [-0.3, -0.25) is 0 Å². The first kappa shape index (κ1) is 31.3. The molecule has 0 fully saturated rings. The first-order chi connectivity index (χ1) is 23.7. The molecule has 8 rings (SSSR count). The Morgan fingerprint density at radius 3 is 1.84 bits per heavy atom. The minimum absolute atomic E-state index is 0.127. The molecule has 1 aliphatic heterocycles. The number of nitrogens with one attached hydrogen (secondary N) is 2. The van der Waals surface area contributed by atoms with E-state index in [1.807, 2.05) is 105 Å². The maximum absolute atomic E-state index is 15.9. The van der Waals surface area contributed by atoms with Crippen molar-refractivity contribution in [3.63, 3.8) is 0 Å². The number of carbonyl (C=O) groups excluding carboxylic acids is 1. The molecule has 3 aliphatic rings.